The van der Waals surface area contributed by atoms with Crippen molar-refractivity contribution in [3.8, 4) is 17.6 Å². The molecule has 1 aliphatic heterocycles. The number of rotatable bonds is 1. The maximum Gasteiger partial charge on any atom is 0.198 e. The molecule has 0 unspecified atom stereocenters. The fourth-order valence-electron chi connectivity index (χ4n) is 3.50. The van der Waals surface area contributed by atoms with Crippen molar-refractivity contribution < 1.29 is 14.7 Å². The van der Waals surface area contributed by atoms with E-state index in [1.54, 1.807) is 30.3 Å². The molecule has 2 aromatic rings. The van der Waals surface area contributed by atoms with E-state index in [2.05, 4.69) is 16.7 Å². The summed E-state index contributed by atoms with van der Waals surface area (Å²) in [5.41, 5.74) is 1.49. The van der Waals surface area contributed by atoms with Crippen LogP contribution in [0.5, 0.6) is 5.75 Å². The summed E-state index contributed by atoms with van der Waals surface area (Å²) in [6.45, 7) is 2.74. The van der Waals surface area contributed by atoms with Crippen molar-refractivity contribution in [3.05, 3.63) is 64.2 Å². The summed E-state index contributed by atoms with van der Waals surface area (Å²) in [7, 11) is 0. The van der Waals surface area contributed by atoms with E-state index in [4.69, 9.17) is 0 Å². The second-order valence-corrected chi connectivity index (χ2v) is 6.37. The molecule has 4 rings (SSSR count). The normalized spacial score (nSPS) is 16.2. The smallest absolute Gasteiger partial charge is 0.198 e. The van der Waals surface area contributed by atoms with Crippen LogP contribution in [0.25, 0.3) is 0 Å². The van der Waals surface area contributed by atoms with E-state index < -0.39 is 0 Å². The number of ketones is 2. The van der Waals surface area contributed by atoms with Crippen molar-refractivity contribution in [2.75, 3.05) is 19.6 Å². The lowest BCUT2D eigenvalue weighted by Crippen LogP contribution is -2.22. The molecule has 0 bridgehead atoms. The molecule has 0 radical (unpaired) electrons. The summed E-state index contributed by atoms with van der Waals surface area (Å²) in [4.78, 5) is 27.9. The Labute approximate surface area is 146 Å². The third kappa shape index (κ3) is 2.63. The standard InChI is InChI=1S/C21H17NO3/c23-17-10-9-14(6-5-13-22-11-3-4-12-22)18-19(17)21(25)16-8-2-1-7-15(16)20(18)24/h1-2,7-10,23H,3-4,11-13H2. The van der Waals surface area contributed by atoms with Gasteiger partial charge in [-0.15, -0.1) is 0 Å². The molecule has 1 fully saturated rings. The number of aromatic hydroxyl groups is 1. The molecule has 4 nitrogen and oxygen atoms in total. The van der Waals surface area contributed by atoms with Gasteiger partial charge in [0.05, 0.1) is 17.7 Å². The number of benzene rings is 2. The number of likely N-dealkylation sites (tertiary alicyclic amines) is 1. The molecule has 1 heterocycles. The summed E-state index contributed by atoms with van der Waals surface area (Å²) >= 11 is 0. The van der Waals surface area contributed by atoms with E-state index in [1.807, 2.05) is 0 Å². The molecule has 124 valence electrons. The molecule has 2 aromatic carbocycles. The van der Waals surface area contributed by atoms with Gasteiger partial charge >= 0.3 is 0 Å². The SMILES string of the molecule is O=C1c2ccccc2C(=O)c2c(C#CCN3CCCC3)ccc(O)c21. The van der Waals surface area contributed by atoms with Crippen LogP contribution < -0.4 is 0 Å². The minimum absolute atomic E-state index is 0.0664. The maximum absolute atomic E-state index is 12.9. The Bertz CT molecular complexity index is 943. The van der Waals surface area contributed by atoms with Gasteiger partial charge in [-0.1, -0.05) is 36.1 Å². The van der Waals surface area contributed by atoms with Crippen molar-refractivity contribution in [2.24, 2.45) is 0 Å². The highest BCUT2D eigenvalue weighted by atomic mass is 16.3. The van der Waals surface area contributed by atoms with Crippen LogP contribution in [0.1, 0.15) is 50.2 Å². The molecular weight excluding hydrogens is 314 g/mol. The first-order valence-electron chi connectivity index (χ1n) is 8.42. The van der Waals surface area contributed by atoms with E-state index in [-0.39, 0.29) is 28.4 Å². The first kappa shape index (κ1) is 15.6. The number of hydrogen-bond acceptors (Lipinski definition) is 4. The minimum atomic E-state index is -0.328. The number of hydrogen-bond donors (Lipinski definition) is 1. The fraction of sp³-hybridized carbons (Fsp3) is 0.238. The summed E-state index contributed by atoms with van der Waals surface area (Å²) in [6.07, 6.45) is 2.39. The molecule has 1 aliphatic carbocycles. The monoisotopic (exact) mass is 331 g/mol. The number of carbonyl (C=O) groups excluding carboxylic acids is 2. The zero-order chi connectivity index (χ0) is 17.4. The predicted molar refractivity (Wildman–Crippen MR) is 94.0 cm³/mol. The lowest BCUT2D eigenvalue weighted by molar-refractivity contribution is 0.0976. The highest BCUT2D eigenvalue weighted by Crippen LogP contribution is 2.34. The first-order valence-corrected chi connectivity index (χ1v) is 8.42. The molecule has 0 aromatic heterocycles. The van der Waals surface area contributed by atoms with Crippen molar-refractivity contribution in [3.63, 3.8) is 0 Å². The van der Waals surface area contributed by atoms with E-state index in [9.17, 15) is 14.7 Å². The lowest BCUT2D eigenvalue weighted by atomic mass is 9.81. The summed E-state index contributed by atoms with van der Waals surface area (Å²) in [5, 5.41) is 10.2. The molecule has 0 amide bonds. The fourth-order valence-corrected chi connectivity index (χ4v) is 3.50. The van der Waals surface area contributed by atoms with Gasteiger partial charge in [0.2, 0.25) is 0 Å². The molecular formula is C21H17NO3. The number of carbonyl (C=O) groups is 2. The average molecular weight is 331 g/mol. The van der Waals surface area contributed by atoms with Crippen LogP contribution in [0.4, 0.5) is 0 Å². The predicted octanol–water partition coefficient (Wildman–Crippen LogP) is 2.61. The molecule has 4 heteroatoms. The van der Waals surface area contributed by atoms with Crippen molar-refractivity contribution in [2.45, 2.75) is 12.8 Å². The van der Waals surface area contributed by atoms with Crippen LogP contribution in [-0.2, 0) is 0 Å². The van der Waals surface area contributed by atoms with Crippen molar-refractivity contribution in [1.82, 2.24) is 4.90 Å². The summed E-state index contributed by atoms with van der Waals surface area (Å²) in [5.74, 6) is 5.38. The Hall–Kier alpha value is -2.90. The van der Waals surface area contributed by atoms with Gasteiger partial charge < -0.3 is 5.11 Å². The molecule has 1 saturated heterocycles. The quantitative estimate of drug-likeness (QED) is 0.697. The lowest BCUT2D eigenvalue weighted by Gasteiger charge is -2.19. The van der Waals surface area contributed by atoms with Gasteiger partial charge in [-0.05, 0) is 38.1 Å². The number of fused-ring (bicyclic) bond motifs is 2. The zero-order valence-corrected chi connectivity index (χ0v) is 13.7. The largest absolute Gasteiger partial charge is 0.507 e. The molecule has 1 N–H and O–H groups in total. The summed E-state index contributed by atoms with van der Waals surface area (Å²) in [6, 6.07) is 9.76. The second kappa shape index (κ2) is 6.19. The van der Waals surface area contributed by atoms with Crippen molar-refractivity contribution in [1.29, 1.82) is 0 Å². The van der Waals surface area contributed by atoms with Crippen LogP contribution in [0.3, 0.4) is 0 Å². The van der Waals surface area contributed by atoms with Gasteiger partial charge in [-0.3, -0.25) is 14.5 Å². The van der Waals surface area contributed by atoms with Crippen molar-refractivity contribution >= 4 is 11.6 Å². The third-order valence-electron chi connectivity index (χ3n) is 4.78. The molecule has 0 spiro atoms. The zero-order valence-electron chi connectivity index (χ0n) is 13.7. The second-order valence-electron chi connectivity index (χ2n) is 6.37. The highest BCUT2D eigenvalue weighted by molar-refractivity contribution is 6.30. The van der Waals surface area contributed by atoms with Crippen LogP contribution in [0.2, 0.25) is 0 Å². The molecule has 0 saturated carbocycles. The van der Waals surface area contributed by atoms with Gasteiger partial charge in [0, 0.05) is 16.7 Å². The van der Waals surface area contributed by atoms with E-state index >= 15 is 0 Å². The number of phenolic OH excluding ortho intramolecular Hbond substituents is 1. The topological polar surface area (TPSA) is 57.6 Å². The maximum atomic E-state index is 12.9. The number of nitrogens with zero attached hydrogens (tertiary/aromatic N) is 1. The Kier molecular flexibility index (Phi) is 3.87. The minimum Gasteiger partial charge on any atom is -0.507 e. The van der Waals surface area contributed by atoms with Gasteiger partial charge in [-0.25, -0.2) is 0 Å². The average Bonchev–Trinajstić information content (AvgIpc) is 3.14. The Morgan fingerprint density at radius 2 is 1.56 bits per heavy atom. The molecule has 0 atom stereocenters. The Balaban J connectivity index is 1.78. The van der Waals surface area contributed by atoms with E-state index in [0.29, 0.717) is 23.2 Å². The third-order valence-corrected chi connectivity index (χ3v) is 4.78. The van der Waals surface area contributed by atoms with E-state index in [0.717, 1.165) is 13.1 Å². The molecule has 25 heavy (non-hydrogen) atoms. The van der Waals surface area contributed by atoms with Gasteiger partial charge in [0.15, 0.2) is 11.6 Å². The van der Waals surface area contributed by atoms with Crippen LogP contribution in [0, 0.1) is 11.8 Å². The van der Waals surface area contributed by atoms with Crippen LogP contribution in [0.15, 0.2) is 36.4 Å². The summed E-state index contributed by atoms with van der Waals surface area (Å²) < 4.78 is 0. The van der Waals surface area contributed by atoms with Gasteiger partial charge in [0.25, 0.3) is 0 Å². The Morgan fingerprint density at radius 3 is 2.24 bits per heavy atom. The Morgan fingerprint density at radius 1 is 0.920 bits per heavy atom. The molecule has 2 aliphatic rings. The van der Waals surface area contributed by atoms with Crippen LogP contribution in [-0.4, -0.2) is 41.2 Å². The van der Waals surface area contributed by atoms with Gasteiger partial charge in [0.1, 0.15) is 5.75 Å². The van der Waals surface area contributed by atoms with E-state index in [1.165, 1.54) is 18.9 Å². The van der Waals surface area contributed by atoms with Gasteiger partial charge in [-0.2, -0.15) is 0 Å². The first-order chi connectivity index (χ1) is 12.2. The highest BCUT2D eigenvalue weighted by Gasteiger charge is 2.33. The van der Waals surface area contributed by atoms with Crippen LogP contribution >= 0.6 is 0 Å². The number of phenols is 1.